The molecule has 1 saturated carbocycles. The first kappa shape index (κ1) is 26.9. The van der Waals surface area contributed by atoms with E-state index in [4.69, 9.17) is 18.9 Å². The SMILES string of the molecule is CO[C@@H]1C[C@H](NS(C)(=O)=O)[C@@H]2COC3CCC(CC3)c3nc(ccc3C(F)(F)F)OCCOC(=O)N12. The summed E-state index contributed by atoms with van der Waals surface area (Å²) in [5.74, 6) is -0.387. The highest BCUT2D eigenvalue weighted by molar-refractivity contribution is 7.88. The molecule has 1 aliphatic carbocycles. The van der Waals surface area contributed by atoms with E-state index in [1.807, 2.05) is 0 Å². The summed E-state index contributed by atoms with van der Waals surface area (Å²) >= 11 is 0. The van der Waals surface area contributed by atoms with Gasteiger partial charge in [-0.15, -0.1) is 0 Å². The smallest absolute Gasteiger partial charge is 0.418 e. The van der Waals surface area contributed by atoms with Crippen LogP contribution in [0.4, 0.5) is 18.0 Å². The summed E-state index contributed by atoms with van der Waals surface area (Å²) in [7, 11) is -2.18. The molecule has 3 atom stereocenters. The Hall–Kier alpha value is -2.16. The number of nitrogens with one attached hydrogen (secondary N) is 1. The first-order chi connectivity index (χ1) is 17.0. The molecule has 0 unspecified atom stereocenters. The maximum Gasteiger partial charge on any atom is 0.418 e. The van der Waals surface area contributed by atoms with Crippen molar-refractivity contribution in [2.24, 2.45) is 0 Å². The average Bonchev–Trinajstić information content (AvgIpc) is 3.15. The fourth-order valence-electron chi connectivity index (χ4n) is 5.13. The molecule has 4 aliphatic rings. The molecule has 2 fully saturated rings. The number of alkyl halides is 3. The Bertz CT molecular complexity index is 1050. The third-order valence-electron chi connectivity index (χ3n) is 6.76. The molecule has 0 aromatic carbocycles. The highest BCUT2D eigenvalue weighted by Crippen LogP contribution is 2.41. The van der Waals surface area contributed by atoms with E-state index in [0.29, 0.717) is 25.7 Å². The minimum absolute atomic E-state index is 0.00944. The normalized spacial score (nSPS) is 30.0. The fourth-order valence-corrected chi connectivity index (χ4v) is 5.93. The number of nitrogens with zero attached hydrogens (tertiary/aromatic N) is 2. The van der Waals surface area contributed by atoms with Gasteiger partial charge in [-0.3, -0.25) is 4.90 Å². The van der Waals surface area contributed by atoms with Gasteiger partial charge in [0.25, 0.3) is 0 Å². The third kappa shape index (κ3) is 6.21. The largest absolute Gasteiger partial charge is 0.474 e. The monoisotopic (exact) mass is 537 g/mol. The quantitative estimate of drug-likeness (QED) is 0.626. The second-order valence-corrected chi connectivity index (χ2v) is 11.0. The zero-order valence-electron chi connectivity index (χ0n) is 20.0. The molecule has 1 saturated heterocycles. The number of ether oxygens (including phenoxy) is 4. The van der Waals surface area contributed by atoms with Crippen molar-refractivity contribution in [2.75, 3.05) is 33.2 Å². The Kier molecular flexibility index (Phi) is 7.98. The zero-order valence-corrected chi connectivity index (χ0v) is 20.8. The Balaban J connectivity index is 1.60. The van der Waals surface area contributed by atoms with Crippen LogP contribution in [0.5, 0.6) is 5.88 Å². The van der Waals surface area contributed by atoms with E-state index >= 15 is 0 Å². The van der Waals surface area contributed by atoms with Crippen molar-refractivity contribution in [1.29, 1.82) is 0 Å². The maximum absolute atomic E-state index is 13.6. The van der Waals surface area contributed by atoms with Crippen LogP contribution in [-0.2, 0) is 30.4 Å². The van der Waals surface area contributed by atoms with E-state index in [1.165, 1.54) is 12.0 Å². The summed E-state index contributed by atoms with van der Waals surface area (Å²) in [6.07, 6.45) is -3.20. The summed E-state index contributed by atoms with van der Waals surface area (Å²) < 4.78 is 89.7. The molecule has 1 N–H and O–H groups in total. The first-order valence-electron chi connectivity index (χ1n) is 11.7. The number of hydrogen-bond acceptors (Lipinski definition) is 8. The number of pyridine rings is 1. The summed E-state index contributed by atoms with van der Waals surface area (Å²) in [4.78, 5) is 18.5. The molecule has 5 rings (SSSR count). The van der Waals surface area contributed by atoms with Gasteiger partial charge in [0.15, 0.2) is 0 Å². The average molecular weight is 538 g/mol. The number of sulfonamides is 1. The van der Waals surface area contributed by atoms with Gasteiger partial charge in [0.1, 0.15) is 19.4 Å². The number of carbonyl (C=O) groups is 1. The molecule has 1 amide bonds. The van der Waals surface area contributed by atoms with E-state index < -0.39 is 52.1 Å². The molecule has 1 aromatic heterocycles. The molecule has 10 nitrogen and oxygen atoms in total. The van der Waals surface area contributed by atoms with Crippen molar-refractivity contribution >= 4 is 16.1 Å². The van der Waals surface area contributed by atoms with Crippen LogP contribution in [0.3, 0.4) is 0 Å². The lowest BCUT2D eigenvalue weighted by molar-refractivity contribution is -0.138. The molecule has 1 aromatic rings. The van der Waals surface area contributed by atoms with Crippen LogP contribution in [0.1, 0.15) is 49.3 Å². The van der Waals surface area contributed by atoms with Crippen molar-refractivity contribution in [1.82, 2.24) is 14.6 Å². The standard InChI is InChI=1S/C22H30F3N3O7S/c1-32-19-11-16(27-36(2,30)31)17-12-35-14-5-3-13(4-6-14)20-15(22(23,24)25)7-8-18(26-20)33-9-10-34-21(29)28(17)19/h7-8,13-14,16-17,19,27H,3-6,9-12H2,1-2H3/t13?,14?,16-,17-,19+/m0/s1. The van der Waals surface area contributed by atoms with E-state index in [0.717, 1.165) is 18.4 Å². The van der Waals surface area contributed by atoms with E-state index in [1.54, 1.807) is 0 Å². The number of halogens is 3. The molecule has 36 heavy (non-hydrogen) atoms. The van der Waals surface area contributed by atoms with E-state index in [9.17, 15) is 26.4 Å². The molecular weight excluding hydrogens is 507 g/mol. The predicted octanol–water partition coefficient (Wildman–Crippen LogP) is 2.64. The van der Waals surface area contributed by atoms with Crippen LogP contribution < -0.4 is 9.46 Å². The highest BCUT2D eigenvalue weighted by atomic mass is 32.2. The Morgan fingerprint density at radius 2 is 1.83 bits per heavy atom. The van der Waals surface area contributed by atoms with Gasteiger partial charge >= 0.3 is 12.3 Å². The molecule has 0 radical (unpaired) electrons. The number of amides is 1. The predicted molar refractivity (Wildman–Crippen MR) is 120 cm³/mol. The Morgan fingerprint density at radius 1 is 1.14 bits per heavy atom. The first-order valence-corrected chi connectivity index (χ1v) is 13.6. The second kappa shape index (κ2) is 10.7. The maximum atomic E-state index is 13.6. The van der Waals surface area contributed by atoms with Crippen molar-refractivity contribution in [3.8, 4) is 5.88 Å². The number of carbonyl (C=O) groups excluding carboxylic acids is 1. The molecule has 14 heteroatoms. The van der Waals surface area contributed by atoms with Crippen LogP contribution in [0, 0.1) is 0 Å². The summed E-state index contributed by atoms with van der Waals surface area (Å²) in [5, 5.41) is 0. The summed E-state index contributed by atoms with van der Waals surface area (Å²) in [6.45, 7) is -0.322. The van der Waals surface area contributed by atoms with Crippen molar-refractivity contribution in [2.45, 2.75) is 68.6 Å². The topological polar surface area (TPSA) is 116 Å². The van der Waals surface area contributed by atoms with E-state index in [2.05, 4.69) is 9.71 Å². The lowest BCUT2D eigenvalue weighted by Gasteiger charge is -2.34. The fraction of sp³-hybridized carbons (Fsp3) is 0.727. The number of hydrogen-bond donors (Lipinski definition) is 1. The molecule has 3 aliphatic heterocycles. The van der Waals surface area contributed by atoms with Crippen molar-refractivity contribution in [3.05, 3.63) is 23.4 Å². The lowest BCUT2D eigenvalue weighted by atomic mass is 9.83. The van der Waals surface area contributed by atoms with Gasteiger partial charge in [0.05, 0.1) is 36.3 Å². The Labute approximate surface area is 207 Å². The van der Waals surface area contributed by atoms with Crippen LogP contribution in [0.15, 0.2) is 12.1 Å². The summed E-state index contributed by atoms with van der Waals surface area (Å²) in [5.41, 5.74) is -0.835. The van der Waals surface area contributed by atoms with Crippen molar-refractivity contribution < 1.29 is 45.3 Å². The minimum Gasteiger partial charge on any atom is -0.474 e. The van der Waals surface area contributed by atoms with Gasteiger partial charge in [0, 0.05) is 31.6 Å². The minimum atomic E-state index is -4.55. The van der Waals surface area contributed by atoms with Gasteiger partial charge in [-0.25, -0.2) is 22.9 Å². The Morgan fingerprint density at radius 3 is 2.47 bits per heavy atom. The molecule has 0 spiro atoms. The van der Waals surface area contributed by atoms with Crippen LogP contribution in [0.25, 0.3) is 0 Å². The molecule has 4 heterocycles. The number of aromatic nitrogens is 1. The molecule has 4 bridgehead atoms. The lowest BCUT2D eigenvalue weighted by Crippen LogP contribution is -2.51. The second-order valence-electron chi connectivity index (χ2n) is 9.25. The van der Waals surface area contributed by atoms with Gasteiger partial charge in [0.2, 0.25) is 15.9 Å². The van der Waals surface area contributed by atoms with Crippen LogP contribution >= 0.6 is 0 Å². The van der Waals surface area contributed by atoms with Gasteiger partial charge < -0.3 is 18.9 Å². The molecule has 202 valence electrons. The van der Waals surface area contributed by atoms with Gasteiger partial charge in [-0.2, -0.15) is 13.2 Å². The van der Waals surface area contributed by atoms with Crippen molar-refractivity contribution in [3.63, 3.8) is 0 Å². The van der Waals surface area contributed by atoms with Crippen LogP contribution in [0.2, 0.25) is 0 Å². The highest BCUT2D eigenvalue weighted by Gasteiger charge is 2.47. The van der Waals surface area contributed by atoms with Crippen LogP contribution in [-0.4, -0.2) is 82.0 Å². The number of methoxy groups -OCH3 is 1. The number of rotatable bonds is 3. The third-order valence-corrected chi connectivity index (χ3v) is 7.49. The zero-order chi connectivity index (χ0) is 26.1. The van der Waals surface area contributed by atoms with Gasteiger partial charge in [-0.05, 0) is 31.7 Å². The summed E-state index contributed by atoms with van der Waals surface area (Å²) in [6, 6.07) is 0.769. The van der Waals surface area contributed by atoms with E-state index in [-0.39, 0.29) is 43.9 Å². The molecular formula is C22H30F3N3O7S. The number of fused-ring (bicyclic) bond motifs is 7. The van der Waals surface area contributed by atoms with Gasteiger partial charge in [-0.1, -0.05) is 0 Å².